The molecule has 3 heteroatoms. The lowest BCUT2D eigenvalue weighted by atomic mass is 9.99. The second-order valence-corrected chi connectivity index (χ2v) is 5.39. The molecular formula is C13H25NO2. The highest BCUT2D eigenvalue weighted by Gasteiger charge is 2.40. The van der Waals surface area contributed by atoms with Gasteiger partial charge in [-0.15, -0.1) is 0 Å². The number of methoxy groups -OCH3 is 1. The molecule has 2 fully saturated rings. The molecule has 94 valence electrons. The smallest absolute Gasteiger partial charge is 0.0608 e. The van der Waals surface area contributed by atoms with Crippen molar-refractivity contribution < 1.29 is 9.47 Å². The summed E-state index contributed by atoms with van der Waals surface area (Å²) in [6, 6.07) is 1.50. The average molecular weight is 227 g/mol. The third kappa shape index (κ3) is 2.76. The normalized spacial score (nSPS) is 34.9. The molecule has 0 aromatic rings. The Morgan fingerprint density at radius 2 is 1.81 bits per heavy atom. The van der Waals surface area contributed by atoms with Gasteiger partial charge in [0, 0.05) is 25.7 Å². The number of hydrogen-bond donors (Lipinski definition) is 0. The SMILES string of the molecule is COCCN1[C@@H]2CC[C@H]1CC(OC(C)C)C2. The minimum atomic E-state index is 0.370. The first-order chi connectivity index (χ1) is 7.70. The van der Waals surface area contributed by atoms with Gasteiger partial charge >= 0.3 is 0 Å². The predicted molar refractivity (Wildman–Crippen MR) is 64.6 cm³/mol. The molecule has 0 spiro atoms. The zero-order chi connectivity index (χ0) is 11.5. The van der Waals surface area contributed by atoms with Gasteiger partial charge in [-0.2, -0.15) is 0 Å². The molecule has 2 rings (SSSR count). The van der Waals surface area contributed by atoms with Crippen molar-refractivity contribution in [1.82, 2.24) is 4.90 Å². The molecule has 2 aliphatic rings. The van der Waals surface area contributed by atoms with E-state index in [1.807, 2.05) is 0 Å². The Morgan fingerprint density at radius 1 is 1.19 bits per heavy atom. The summed E-state index contributed by atoms with van der Waals surface area (Å²) in [5.41, 5.74) is 0. The Hall–Kier alpha value is -0.120. The minimum Gasteiger partial charge on any atom is -0.383 e. The van der Waals surface area contributed by atoms with Gasteiger partial charge in [0.2, 0.25) is 0 Å². The molecule has 3 nitrogen and oxygen atoms in total. The standard InChI is InChI=1S/C13H25NO2/c1-10(2)16-13-8-11-4-5-12(9-13)14(11)6-7-15-3/h10-13H,4-9H2,1-3H3/t11-,12+,13?. The van der Waals surface area contributed by atoms with Crippen LogP contribution in [-0.2, 0) is 9.47 Å². The first kappa shape index (κ1) is 12.3. The maximum Gasteiger partial charge on any atom is 0.0608 e. The summed E-state index contributed by atoms with van der Waals surface area (Å²) >= 11 is 0. The number of rotatable bonds is 5. The Kier molecular flexibility index (Phi) is 4.22. The Bertz CT molecular complexity index is 206. The Morgan fingerprint density at radius 3 is 2.31 bits per heavy atom. The van der Waals surface area contributed by atoms with E-state index in [2.05, 4.69) is 18.7 Å². The largest absolute Gasteiger partial charge is 0.383 e. The van der Waals surface area contributed by atoms with Crippen LogP contribution in [0.1, 0.15) is 39.5 Å². The number of fused-ring (bicyclic) bond motifs is 2. The van der Waals surface area contributed by atoms with Crippen LogP contribution in [-0.4, -0.2) is 49.5 Å². The van der Waals surface area contributed by atoms with E-state index in [0.717, 1.165) is 25.2 Å². The molecule has 0 radical (unpaired) electrons. The fourth-order valence-corrected chi connectivity index (χ4v) is 3.28. The van der Waals surface area contributed by atoms with Crippen molar-refractivity contribution in [3.63, 3.8) is 0 Å². The molecule has 0 aromatic heterocycles. The molecule has 16 heavy (non-hydrogen) atoms. The van der Waals surface area contributed by atoms with Gasteiger partial charge in [0.25, 0.3) is 0 Å². The van der Waals surface area contributed by atoms with Gasteiger partial charge in [0.1, 0.15) is 0 Å². The molecule has 0 amide bonds. The van der Waals surface area contributed by atoms with E-state index in [1.54, 1.807) is 7.11 Å². The highest BCUT2D eigenvalue weighted by molar-refractivity contribution is 4.95. The lowest BCUT2D eigenvalue weighted by Gasteiger charge is -2.39. The van der Waals surface area contributed by atoms with E-state index in [0.29, 0.717) is 12.2 Å². The highest BCUT2D eigenvalue weighted by atomic mass is 16.5. The average Bonchev–Trinajstić information content (AvgIpc) is 2.46. The van der Waals surface area contributed by atoms with Crippen molar-refractivity contribution in [3.05, 3.63) is 0 Å². The van der Waals surface area contributed by atoms with Gasteiger partial charge < -0.3 is 9.47 Å². The number of ether oxygens (including phenoxy) is 2. The van der Waals surface area contributed by atoms with E-state index >= 15 is 0 Å². The van der Waals surface area contributed by atoms with E-state index in [1.165, 1.54) is 25.7 Å². The summed E-state index contributed by atoms with van der Waals surface area (Å²) < 4.78 is 11.2. The molecule has 0 saturated carbocycles. The third-order valence-corrected chi connectivity index (χ3v) is 3.86. The molecule has 2 heterocycles. The maximum absolute atomic E-state index is 5.97. The zero-order valence-corrected chi connectivity index (χ0v) is 10.8. The fourth-order valence-electron chi connectivity index (χ4n) is 3.28. The van der Waals surface area contributed by atoms with Crippen LogP contribution in [0.2, 0.25) is 0 Å². The van der Waals surface area contributed by atoms with Crippen molar-refractivity contribution in [2.45, 2.75) is 63.8 Å². The maximum atomic E-state index is 5.97. The van der Waals surface area contributed by atoms with Gasteiger partial charge in [-0.1, -0.05) is 0 Å². The van der Waals surface area contributed by atoms with E-state index in [4.69, 9.17) is 9.47 Å². The van der Waals surface area contributed by atoms with Crippen molar-refractivity contribution in [3.8, 4) is 0 Å². The quantitative estimate of drug-likeness (QED) is 0.717. The van der Waals surface area contributed by atoms with E-state index < -0.39 is 0 Å². The molecule has 2 bridgehead atoms. The first-order valence-corrected chi connectivity index (χ1v) is 6.61. The van der Waals surface area contributed by atoms with Crippen LogP contribution in [0.25, 0.3) is 0 Å². The van der Waals surface area contributed by atoms with Crippen LogP contribution >= 0.6 is 0 Å². The lowest BCUT2D eigenvalue weighted by molar-refractivity contribution is -0.0511. The van der Waals surface area contributed by atoms with Crippen LogP contribution in [0, 0.1) is 0 Å². The van der Waals surface area contributed by atoms with Crippen molar-refractivity contribution in [1.29, 1.82) is 0 Å². The third-order valence-electron chi connectivity index (χ3n) is 3.86. The van der Waals surface area contributed by atoms with Crippen LogP contribution < -0.4 is 0 Å². The Labute approximate surface area is 99.1 Å². The van der Waals surface area contributed by atoms with Gasteiger partial charge in [0.05, 0.1) is 18.8 Å². The fraction of sp³-hybridized carbons (Fsp3) is 1.00. The van der Waals surface area contributed by atoms with E-state index in [-0.39, 0.29) is 0 Å². The molecule has 3 atom stereocenters. The van der Waals surface area contributed by atoms with Crippen molar-refractivity contribution in [2.24, 2.45) is 0 Å². The molecule has 0 aliphatic carbocycles. The van der Waals surface area contributed by atoms with Crippen molar-refractivity contribution >= 4 is 0 Å². The monoisotopic (exact) mass is 227 g/mol. The van der Waals surface area contributed by atoms with Gasteiger partial charge in [-0.3, -0.25) is 4.90 Å². The molecule has 2 saturated heterocycles. The van der Waals surface area contributed by atoms with Crippen LogP contribution in [0.3, 0.4) is 0 Å². The number of piperidine rings is 1. The topological polar surface area (TPSA) is 21.7 Å². The number of nitrogens with zero attached hydrogens (tertiary/aromatic N) is 1. The zero-order valence-electron chi connectivity index (χ0n) is 10.8. The van der Waals surface area contributed by atoms with Gasteiger partial charge in [-0.25, -0.2) is 0 Å². The molecular weight excluding hydrogens is 202 g/mol. The molecule has 1 unspecified atom stereocenters. The summed E-state index contributed by atoms with van der Waals surface area (Å²) in [4.78, 5) is 2.64. The first-order valence-electron chi connectivity index (χ1n) is 6.61. The van der Waals surface area contributed by atoms with Crippen LogP contribution in [0.4, 0.5) is 0 Å². The minimum absolute atomic E-state index is 0.370. The summed E-state index contributed by atoms with van der Waals surface area (Å²) in [5.74, 6) is 0. The molecule has 2 aliphatic heterocycles. The second-order valence-electron chi connectivity index (χ2n) is 5.39. The number of hydrogen-bond acceptors (Lipinski definition) is 3. The summed E-state index contributed by atoms with van der Waals surface area (Å²) in [5, 5.41) is 0. The van der Waals surface area contributed by atoms with E-state index in [9.17, 15) is 0 Å². The lowest BCUT2D eigenvalue weighted by Crippen LogP contribution is -2.47. The molecule has 0 aromatic carbocycles. The summed E-state index contributed by atoms with van der Waals surface area (Å²) in [6.07, 6.45) is 6.02. The predicted octanol–water partition coefficient (Wildman–Crippen LogP) is 2.05. The Balaban J connectivity index is 1.85. The van der Waals surface area contributed by atoms with Gasteiger partial charge in [-0.05, 0) is 39.5 Å². The summed E-state index contributed by atoms with van der Waals surface area (Å²) in [7, 11) is 1.79. The van der Waals surface area contributed by atoms with Gasteiger partial charge in [0.15, 0.2) is 0 Å². The van der Waals surface area contributed by atoms with Crippen LogP contribution in [0.5, 0.6) is 0 Å². The second kappa shape index (κ2) is 5.48. The van der Waals surface area contributed by atoms with Crippen LogP contribution in [0.15, 0.2) is 0 Å². The summed E-state index contributed by atoms with van der Waals surface area (Å²) in [6.45, 7) is 6.24. The highest BCUT2D eigenvalue weighted by Crippen LogP contribution is 2.36. The van der Waals surface area contributed by atoms with Crippen molar-refractivity contribution in [2.75, 3.05) is 20.3 Å². The molecule has 0 N–H and O–H groups in total.